The van der Waals surface area contributed by atoms with Gasteiger partial charge in [-0.3, -0.25) is 0 Å². The van der Waals surface area contributed by atoms with Crippen LogP contribution in [-0.4, -0.2) is 11.5 Å². The van der Waals surface area contributed by atoms with Crippen LogP contribution in [0.25, 0.3) is 61.0 Å². The van der Waals surface area contributed by atoms with Gasteiger partial charge in [-0.05, 0) is 127 Å². The van der Waals surface area contributed by atoms with Crippen molar-refractivity contribution in [1.29, 1.82) is 0 Å². The molecule has 2 nitrogen and oxygen atoms in total. The van der Waals surface area contributed by atoms with Crippen LogP contribution in [-0.2, 0) is 11.8 Å². The summed E-state index contributed by atoms with van der Waals surface area (Å²) in [7, 11) is 0. The summed E-state index contributed by atoms with van der Waals surface area (Å²) in [5.41, 5.74) is 21.0. The Bertz CT molecular complexity index is 3470. The summed E-state index contributed by atoms with van der Waals surface area (Å²) in [5, 5.41) is 5.19. The van der Waals surface area contributed by atoms with Crippen LogP contribution >= 0.6 is 0 Å². The highest BCUT2D eigenvalue weighted by molar-refractivity contribution is 6.17. The molecular weight excluding hydrogens is 785 g/mol. The minimum atomic E-state index is -0.369. The second-order valence-electron chi connectivity index (χ2n) is 17.9. The third kappa shape index (κ3) is 6.01. The van der Waals surface area contributed by atoms with E-state index < -0.39 is 0 Å². The Labute approximate surface area is 381 Å². The quantitative estimate of drug-likeness (QED) is 0.0906. The van der Waals surface area contributed by atoms with E-state index in [-0.39, 0.29) is 11.3 Å². The van der Waals surface area contributed by atoms with Crippen molar-refractivity contribution in [3.05, 3.63) is 256 Å². The number of amidine groups is 1. The van der Waals surface area contributed by atoms with Crippen LogP contribution in [0.1, 0.15) is 71.7 Å². The number of allylic oxidation sites excluding steroid dienone is 2. The summed E-state index contributed by atoms with van der Waals surface area (Å²) < 4.78 is 0. The zero-order chi connectivity index (χ0) is 43.6. The maximum atomic E-state index is 5.59. The molecule has 0 saturated carbocycles. The summed E-state index contributed by atoms with van der Waals surface area (Å²) in [6.07, 6.45) is 6.52. The minimum Gasteiger partial charge on any atom is -0.233 e. The standard InChI is InChI=1S/C63H48N2/c1-4-40(2)61(65-62(43-22-9-6-10-23-43)64-41(3)42-20-7-5-8-21-42)45-34-36-49-47-24-11-12-25-48(47)53-30-19-29-46(60(53)55(49)39-45)44-35-37-59-54(38-44)52-28-15-18-33-58(52)63(59)56-31-16-13-26-50(56)51-27-14-17-32-57(51)63/h5-38,45H,4,39H2,1-3H3/b61-40+,64-41+,65-62-. The summed E-state index contributed by atoms with van der Waals surface area (Å²) in [6.45, 7) is 6.58. The Morgan fingerprint density at radius 2 is 1.05 bits per heavy atom. The molecule has 12 rings (SSSR count). The van der Waals surface area contributed by atoms with Crippen molar-refractivity contribution in [2.45, 2.75) is 39.0 Å². The SMILES string of the molecule is CC/C(C)=C(/N=C(\N=C(/C)c1ccccc1)c1ccccc1)C1C=Cc2c(c3c(-c4ccc5c(c4)-c4ccccc4C54c5ccccc5-c5ccccc54)cccc3c3ccccc23)C1. The monoisotopic (exact) mass is 832 g/mol. The Balaban J connectivity index is 1.04. The van der Waals surface area contributed by atoms with Crippen molar-refractivity contribution < 1.29 is 0 Å². The largest absolute Gasteiger partial charge is 0.233 e. The van der Waals surface area contributed by atoms with E-state index in [0.717, 1.165) is 41.2 Å². The smallest absolute Gasteiger partial charge is 0.159 e. The lowest BCUT2D eigenvalue weighted by molar-refractivity contribution is 0.724. The number of hydrogen-bond donors (Lipinski definition) is 0. The lowest BCUT2D eigenvalue weighted by Gasteiger charge is -2.30. The number of rotatable bonds is 6. The molecular formula is C63H48N2. The van der Waals surface area contributed by atoms with Gasteiger partial charge >= 0.3 is 0 Å². The molecule has 1 atom stereocenters. The van der Waals surface area contributed by atoms with Gasteiger partial charge in [0.1, 0.15) is 0 Å². The Hall–Kier alpha value is -7.68. The van der Waals surface area contributed by atoms with Crippen molar-refractivity contribution in [2.75, 3.05) is 0 Å². The average molecular weight is 833 g/mol. The molecule has 1 unspecified atom stereocenters. The molecule has 0 amide bonds. The molecule has 1 spiro atoms. The molecule has 9 aromatic rings. The fourth-order valence-corrected chi connectivity index (χ4v) is 11.4. The van der Waals surface area contributed by atoms with Crippen LogP contribution in [0.4, 0.5) is 0 Å². The van der Waals surface area contributed by atoms with E-state index in [2.05, 4.69) is 221 Å². The lowest BCUT2D eigenvalue weighted by Crippen LogP contribution is -2.25. The van der Waals surface area contributed by atoms with Gasteiger partial charge in [0, 0.05) is 22.9 Å². The molecule has 0 heterocycles. The minimum absolute atomic E-state index is 0.0556. The van der Waals surface area contributed by atoms with Crippen LogP contribution in [0.2, 0.25) is 0 Å². The van der Waals surface area contributed by atoms with Crippen LogP contribution in [0.3, 0.4) is 0 Å². The summed E-state index contributed by atoms with van der Waals surface area (Å²) in [5.74, 6) is 0.793. The number of nitrogens with zero attached hydrogens (tertiary/aromatic N) is 2. The zero-order valence-electron chi connectivity index (χ0n) is 37.0. The lowest BCUT2D eigenvalue weighted by atomic mass is 9.70. The molecule has 0 radical (unpaired) electrons. The number of hydrogen-bond acceptors (Lipinski definition) is 1. The Kier molecular flexibility index (Phi) is 9.31. The van der Waals surface area contributed by atoms with Gasteiger partial charge in [0.25, 0.3) is 0 Å². The predicted octanol–water partition coefficient (Wildman–Crippen LogP) is 15.8. The zero-order valence-corrected chi connectivity index (χ0v) is 37.0. The van der Waals surface area contributed by atoms with Crippen molar-refractivity contribution in [1.82, 2.24) is 0 Å². The summed E-state index contributed by atoms with van der Waals surface area (Å²) in [6, 6.07) is 71.4. The maximum Gasteiger partial charge on any atom is 0.159 e. The van der Waals surface area contributed by atoms with E-state index in [9.17, 15) is 0 Å². The normalized spacial score (nSPS) is 16.0. The second-order valence-corrected chi connectivity index (χ2v) is 17.9. The topological polar surface area (TPSA) is 24.7 Å². The van der Waals surface area contributed by atoms with Gasteiger partial charge in [-0.15, -0.1) is 0 Å². The second kappa shape index (κ2) is 15.5. The molecule has 0 bridgehead atoms. The molecule has 2 heteroatoms. The van der Waals surface area contributed by atoms with Gasteiger partial charge in [-0.2, -0.15) is 0 Å². The first-order valence-electron chi connectivity index (χ1n) is 23.1. The number of benzene rings is 9. The first kappa shape index (κ1) is 39.0. The number of fused-ring (bicyclic) bond motifs is 16. The van der Waals surface area contributed by atoms with Gasteiger partial charge in [0.05, 0.1) is 5.41 Å². The molecule has 3 aliphatic carbocycles. The van der Waals surface area contributed by atoms with E-state index in [1.54, 1.807) is 0 Å². The third-order valence-corrected chi connectivity index (χ3v) is 14.5. The molecule has 0 fully saturated rings. The molecule has 0 aromatic heterocycles. The Morgan fingerprint density at radius 3 is 1.71 bits per heavy atom. The van der Waals surface area contributed by atoms with E-state index >= 15 is 0 Å². The molecule has 310 valence electrons. The van der Waals surface area contributed by atoms with Gasteiger partial charge in [-0.1, -0.05) is 213 Å². The first-order valence-corrected chi connectivity index (χ1v) is 23.1. The van der Waals surface area contributed by atoms with Crippen molar-refractivity contribution in [3.63, 3.8) is 0 Å². The average Bonchev–Trinajstić information content (AvgIpc) is 3.84. The fourth-order valence-electron chi connectivity index (χ4n) is 11.4. The van der Waals surface area contributed by atoms with E-state index in [1.165, 1.54) is 93.9 Å². The van der Waals surface area contributed by atoms with E-state index in [1.807, 2.05) is 6.07 Å². The van der Waals surface area contributed by atoms with Crippen molar-refractivity contribution in [2.24, 2.45) is 15.9 Å². The van der Waals surface area contributed by atoms with Crippen LogP contribution in [0.15, 0.2) is 221 Å². The number of aliphatic imine (C=N–C) groups is 2. The molecule has 9 aromatic carbocycles. The van der Waals surface area contributed by atoms with Gasteiger partial charge in [0.2, 0.25) is 0 Å². The molecule has 0 saturated heterocycles. The summed E-state index contributed by atoms with van der Waals surface area (Å²) >= 11 is 0. The van der Waals surface area contributed by atoms with E-state index in [0.29, 0.717) is 0 Å². The van der Waals surface area contributed by atoms with Crippen molar-refractivity contribution in [3.8, 4) is 33.4 Å². The summed E-state index contributed by atoms with van der Waals surface area (Å²) in [4.78, 5) is 10.8. The van der Waals surface area contributed by atoms with Crippen LogP contribution in [0.5, 0.6) is 0 Å². The van der Waals surface area contributed by atoms with Gasteiger partial charge < -0.3 is 0 Å². The highest BCUT2D eigenvalue weighted by Gasteiger charge is 2.51. The fraction of sp³-hybridized carbons (Fsp3) is 0.111. The van der Waals surface area contributed by atoms with Gasteiger partial charge in [0.15, 0.2) is 5.84 Å². The highest BCUT2D eigenvalue weighted by Crippen LogP contribution is 2.63. The molecule has 0 aliphatic heterocycles. The van der Waals surface area contributed by atoms with E-state index in [4.69, 9.17) is 9.98 Å². The third-order valence-electron chi connectivity index (χ3n) is 14.5. The first-order chi connectivity index (χ1) is 32.0. The van der Waals surface area contributed by atoms with Crippen LogP contribution in [0, 0.1) is 5.92 Å². The predicted molar refractivity (Wildman–Crippen MR) is 274 cm³/mol. The molecule has 65 heavy (non-hydrogen) atoms. The van der Waals surface area contributed by atoms with Crippen LogP contribution < -0.4 is 0 Å². The maximum absolute atomic E-state index is 5.59. The molecule has 3 aliphatic rings. The van der Waals surface area contributed by atoms with Crippen molar-refractivity contribution >= 4 is 39.2 Å². The Morgan fingerprint density at radius 1 is 0.508 bits per heavy atom. The highest BCUT2D eigenvalue weighted by atomic mass is 14.9. The van der Waals surface area contributed by atoms with Gasteiger partial charge in [-0.25, -0.2) is 9.98 Å². The molecule has 0 N–H and O–H groups in total.